The molecule has 0 saturated carbocycles. The Hall–Kier alpha value is -2.26. The molecule has 1 aliphatic rings. The molecule has 1 aliphatic carbocycles. The molecule has 0 amide bonds. The highest BCUT2D eigenvalue weighted by atomic mass is 35.5. The zero-order valence-electron chi connectivity index (χ0n) is 16.9. The van der Waals surface area contributed by atoms with Crippen LogP contribution in [0.25, 0.3) is 5.57 Å². The van der Waals surface area contributed by atoms with Crippen molar-refractivity contribution in [2.75, 3.05) is 6.61 Å². The van der Waals surface area contributed by atoms with Crippen LogP contribution in [-0.4, -0.2) is 17.7 Å². The van der Waals surface area contributed by atoms with Crippen molar-refractivity contribution in [3.05, 3.63) is 69.8 Å². The van der Waals surface area contributed by atoms with E-state index in [0.29, 0.717) is 13.0 Å². The van der Waals surface area contributed by atoms with E-state index in [1.165, 1.54) is 16.7 Å². The highest BCUT2D eigenvalue weighted by molar-refractivity contribution is 6.30. The molecule has 0 aromatic heterocycles. The Morgan fingerprint density at radius 1 is 1.11 bits per heavy atom. The second-order valence-electron chi connectivity index (χ2n) is 6.72. The van der Waals surface area contributed by atoms with Crippen molar-refractivity contribution >= 4 is 23.1 Å². The van der Waals surface area contributed by atoms with E-state index in [9.17, 15) is 4.79 Å². The van der Waals surface area contributed by atoms with Gasteiger partial charge in [-0.3, -0.25) is 4.79 Å². The molecule has 4 heteroatoms. The van der Waals surface area contributed by atoms with Gasteiger partial charge in [0.25, 0.3) is 0 Å². The monoisotopic (exact) mass is 400 g/mol. The largest absolute Gasteiger partial charge is 0.489 e. The van der Waals surface area contributed by atoms with Gasteiger partial charge in [0.1, 0.15) is 12.4 Å². The molecule has 3 nitrogen and oxygen atoms in total. The first-order valence-electron chi connectivity index (χ1n) is 9.94. The third-order valence-corrected chi connectivity index (χ3v) is 5.05. The van der Waals surface area contributed by atoms with E-state index in [0.717, 1.165) is 41.2 Å². The summed E-state index contributed by atoms with van der Waals surface area (Å²) in [7, 11) is 0. The topological polar surface area (TPSA) is 46.5 Å². The third-order valence-electron chi connectivity index (χ3n) is 4.79. The third kappa shape index (κ3) is 6.13. The lowest BCUT2D eigenvalue weighted by molar-refractivity contribution is -0.136. The summed E-state index contributed by atoms with van der Waals surface area (Å²) in [5, 5.41) is 9.55. The van der Waals surface area contributed by atoms with E-state index in [1.807, 2.05) is 51.1 Å². The van der Waals surface area contributed by atoms with Crippen LogP contribution in [0.2, 0.25) is 5.02 Å². The molecule has 3 rings (SSSR count). The Morgan fingerprint density at radius 2 is 1.82 bits per heavy atom. The summed E-state index contributed by atoms with van der Waals surface area (Å²) in [6.45, 7) is 6.59. The van der Waals surface area contributed by atoms with Crippen molar-refractivity contribution in [1.82, 2.24) is 0 Å². The first-order valence-corrected chi connectivity index (χ1v) is 10.3. The number of carboxylic acid groups (broad SMARTS) is 1. The number of carbonyl (C=O) groups is 1. The number of halogens is 1. The van der Waals surface area contributed by atoms with Crippen LogP contribution in [0.1, 0.15) is 56.2 Å². The van der Waals surface area contributed by atoms with Crippen molar-refractivity contribution in [2.24, 2.45) is 0 Å². The first kappa shape index (κ1) is 22.0. The Labute approximate surface area is 173 Å². The number of aryl methyl sites for hydroxylation is 2. The molecule has 0 saturated heterocycles. The van der Waals surface area contributed by atoms with Gasteiger partial charge in [-0.1, -0.05) is 49.7 Å². The second kappa shape index (κ2) is 10.9. The molecule has 0 unspecified atom stereocenters. The Bertz CT molecular complexity index is 822. The Kier molecular flexibility index (Phi) is 8.59. The Balaban J connectivity index is 0.00000136. The maximum absolute atomic E-state index is 10.7. The number of ether oxygens (including phenoxy) is 1. The minimum atomic E-state index is -0.772. The SMILES string of the molecule is CC.Cc1cc(CCC(=O)O)ccc1OCC1=C(c2ccc(Cl)cc2)CCC1. The second-order valence-corrected chi connectivity index (χ2v) is 7.16. The molecule has 0 heterocycles. The van der Waals surface area contributed by atoms with Gasteiger partial charge >= 0.3 is 5.97 Å². The van der Waals surface area contributed by atoms with Gasteiger partial charge in [-0.25, -0.2) is 0 Å². The normalized spacial score (nSPS) is 13.1. The number of carboxylic acids is 1. The average Bonchev–Trinajstić information content (AvgIpc) is 3.16. The van der Waals surface area contributed by atoms with Crippen molar-refractivity contribution < 1.29 is 14.6 Å². The van der Waals surface area contributed by atoms with Crippen LogP contribution < -0.4 is 4.74 Å². The van der Waals surface area contributed by atoms with Crippen molar-refractivity contribution in [3.8, 4) is 5.75 Å². The van der Waals surface area contributed by atoms with E-state index >= 15 is 0 Å². The van der Waals surface area contributed by atoms with E-state index < -0.39 is 5.97 Å². The van der Waals surface area contributed by atoms with E-state index in [4.69, 9.17) is 21.4 Å². The average molecular weight is 401 g/mol. The fourth-order valence-electron chi connectivity index (χ4n) is 3.41. The first-order chi connectivity index (χ1) is 13.5. The van der Waals surface area contributed by atoms with Crippen LogP contribution in [0.4, 0.5) is 0 Å². The summed E-state index contributed by atoms with van der Waals surface area (Å²) in [5.41, 5.74) is 6.02. The number of rotatable bonds is 7. The zero-order valence-corrected chi connectivity index (χ0v) is 17.7. The van der Waals surface area contributed by atoms with Gasteiger partial charge in [0.05, 0.1) is 0 Å². The smallest absolute Gasteiger partial charge is 0.303 e. The summed E-state index contributed by atoms with van der Waals surface area (Å²) in [6, 6.07) is 13.9. The highest BCUT2D eigenvalue weighted by Gasteiger charge is 2.17. The van der Waals surface area contributed by atoms with Gasteiger partial charge in [0, 0.05) is 11.4 Å². The van der Waals surface area contributed by atoms with Gasteiger partial charge in [-0.05, 0) is 78.6 Å². The number of allylic oxidation sites excluding steroid dienone is 1. The lowest BCUT2D eigenvalue weighted by Gasteiger charge is -2.13. The summed E-state index contributed by atoms with van der Waals surface area (Å²) in [6.07, 6.45) is 3.99. The molecule has 0 radical (unpaired) electrons. The molecule has 2 aromatic rings. The summed E-state index contributed by atoms with van der Waals surface area (Å²) < 4.78 is 6.08. The Morgan fingerprint density at radius 3 is 2.46 bits per heavy atom. The number of aliphatic carboxylic acids is 1. The molecule has 28 heavy (non-hydrogen) atoms. The van der Waals surface area contributed by atoms with Crippen LogP contribution in [0.15, 0.2) is 48.0 Å². The molecule has 1 N–H and O–H groups in total. The van der Waals surface area contributed by atoms with E-state index in [2.05, 4.69) is 12.1 Å². The van der Waals surface area contributed by atoms with Crippen LogP contribution in [0.5, 0.6) is 5.75 Å². The maximum Gasteiger partial charge on any atom is 0.303 e. The zero-order chi connectivity index (χ0) is 20.5. The molecule has 0 atom stereocenters. The van der Waals surface area contributed by atoms with Gasteiger partial charge in [0.2, 0.25) is 0 Å². The summed E-state index contributed by atoms with van der Waals surface area (Å²) >= 11 is 5.99. The predicted molar refractivity (Wildman–Crippen MR) is 116 cm³/mol. The molecule has 2 aromatic carbocycles. The highest BCUT2D eigenvalue weighted by Crippen LogP contribution is 2.35. The van der Waals surface area contributed by atoms with Gasteiger partial charge in [-0.2, -0.15) is 0 Å². The van der Waals surface area contributed by atoms with Crippen LogP contribution in [-0.2, 0) is 11.2 Å². The maximum atomic E-state index is 10.7. The van der Waals surface area contributed by atoms with Crippen molar-refractivity contribution in [3.63, 3.8) is 0 Å². The lowest BCUT2D eigenvalue weighted by Crippen LogP contribution is -2.03. The number of hydrogen-bond acceptors (Lipinski definition) is 2. The fourth-order valence-corrected chi connectivity index (χ4v) is 3.54. The molecular weight excluding hydrogens is 372 g/mol. The number of benzene rings is 2. The van der Waals surface area contributed by atoms with Gasteiger partial charge < -0.3 is 9.84 Å². The molecule has 150 valence electrons. The molecular formula is C24H29ClO3. The lowest BCUT2D eigenvalue weighted by atomic mass is 10.0. The standard InChI is InChI=1S/C22H23ClO3.C2H6/c1-15-13-16(6-12-22(24)25)5-11-21(15)26-14-18-3-2-4-20(18)17-7-9-19(23)10-8-17;1-2/h5,7-11,13H,2-4,6,12,14H2,1H3,(H,24,25);1-2H3. The summed E-state index contributed by atoms with van der Waals surface area (Å²) in [4.78, 5) is 10.7. The van der Waals surface area contributed by atoms with E-state index in [-0.39, 0.29) is 6.42 Å². The van der Waals surface area contributed by atoms with Gasteiger partial charge in [0.15, 0.2) is 0 Å². The fraction of sp³-hybridized carbons (Fsp3) is 0.375. The van der Waals surface area contributed by atoms with Gasteiger partial charge in [-0.15, -0.1) is 0 Å². The van der Waals surface area contributed by atoms with Crippen LogP contribution in [0.3, 0.4) is 0 Å². The summed E-state index contributed by atoms with van der Waals surface area (Å²) in [5.74, 6) is 0.0878. The quantitative estimate of drug-likeness (QED) is 0.561. The predicted octanol–water partition coefficient (Wildman–Crippen LogP) is 6.71. The van der Waals surface area contributed by atoms with Crippen molar-refractivity contribution in [1.29, 1.82) is 0 Å². The molecule has 0 aliphatic heterocycles. The molecule has 0 fully saturated rings. The van der Waals surface area contributed by atoms with E-state index in [1.54, 1.807) is 0 Å². The van der Waals surface area contributed by atoms with Crippen LogP contribution in [0, 0.1) is 6.92 Å². The minimum Gasteiger partial charge on any atom is -0.489 e. The van der Waals surface area contributed by atoms with Crippen LogP contribution >= 0.6 is 11.6 Å². The number of hydrogen-bond donors (Lipinski definition) is 1. The minimum absolute atomic E-state index is 0.150. The molecule has 0 bridgehead atoms. The van der Waals surface area contributed by atoms with Crippen molar-refractivity contribution in [2.45, 2.75) is 52.9 Å². The molecule has 0 spiro atoms.